The smallest absolute Gasteiger partial charge is 0.407 e. The van der Waals surface area contributed by atoms with Gasteiger partial charge in [0.15, 0.2) is 0 Å². The number of carbonyl (C=O) groups is 1. The van der Waals surface area contributed by atoms with Crippen LogP contribution in [0, 0.1) is 0 Å². The lowest BCUT2D eigenvalue weighted by molar-refractivity contribution is 0.0534. The third kappa shape index (κ3) is 4.10. The predicted molar refractivity (Wildman–Crippen MR) is 85.1 cm³/mol. The summed E-state index contributed by atoms with van der Waals surface area (Å²) in [7, 11) is 0. The number of fused-ring (bicyclic) bond motifs is 1. The van der Waals surface area contributed by atoms with Crippen LogP contribution in [-0.2, 0) is 4.74 Å². The van der Waals surface area contributed by atoms with Crippen molar-refractivity contribution in [2.75, 3.05) is 6.54 Å². The molecule has 0 aliphatic carbocycles. The second-order valence-corrected chi connectivity index (χ2v) is 6.38. The maximum absolute atomic E-state index is 11.5. The van der Waals surface area contributed by atoms with E-state index in [1.165, 1.54) is 15.6 Å². The van der Waals surface area contributed by atoms with E-state index in [0.29, 0.717) is 6.54 Å². The molecule has 0 saturated heterocycles. The fourth-order valence-corrected chi connectivity index (χ4v) is 2.70. The van der Waals surface area contributed by atoms with E-state index in [1.54, 1.807) is 11.3 Å². The van der Waals surface area contributed by atoms with Gasteiger partial charge in [-0.15, -0.1) is 11.3 Å². The van der Waals surface area contributed by atoms with E-state index in [9.17, 15) is 4.79 Å². The van der Waals surface area contributed by atoms with E-state index in [1.807, 2.05) is 45.1 Å². The lowest BCUT2D eigenvalue weighted by Gasteiger charge is -2.19. The van der Waals surface area contributed by atoms with Gasteiger partial charge in [-0.3, -0.25) is 0 Å². The molecule has 0 bridgehead atoms. The summed E-state index contributed by atoms with van der Waals surface area (Å²) in [4.78, 5) is 11.5. The van der Waals surface area contributed by atoms with Crippen molar-refractivity contribution < 1.29 is 9.53 Å². The van der Waals surface area contributed by atoms with Crippen LogP contribution in [0.25, 0.3) is 16.2 Å². The third-order valence-electron chi connectivity index (χ3n) is 2.57. The Bertz CT molecular complexity index is 623. The Hall–Kier alpha value is -1.81. The normalized spacial score (nSPS) is 11.9. The number of rotatable bonds is 3. The van der Waals surface area contributed by atoms with Crippen molar-refractivity contribution >= 4 is 33.6 Å². The first-order chi connectivity index (χ1) is 9.46. The van der Waals surface area contributed by atoms with Gasteiger partial charge in [0.25, 0.3) is 0 Å². The number of ether oxygens (including phenoxy) is 1. The Morgan fingerprint density at radius 2 is 2.10 bits per heavy atom. The largest absolute Gasteiger partial charge is 0.444 e. The molecule has 2 aromatic rings. The van der Waals surface area contributed by atoms with Crippen LogP contribution in [0.2, 0.25) is 0 Å². The molecule has 0 unspecified atom stereocenters. The molecule has 1 N–H and O–H groups in total. The molecule has 1 heterocycles. The van der Waals surface area contributed by atoms with Gasteiger partial charge < -0.3 is 10.1 Å². The van der Waals surface area contributed by atoms with E-state index in [4.69, 9.17) is 4.74 Å². The van der Waals surface area contributed by atoms with Gasteiger partial charge in [0.05, 0.1) is 0 Å². The van der Waals surface area contributed by atoms with E-state index in [2.05, 4.69) is 22.8 Å². The van der Waals surface area contributed by atoms with Crippen LogP contribution >= 0.6 is 11.3 Å². The van der Waals surface area contributed by atoms with Gasteiger partial charge in [-0.1, -0.05) is 30.4 Å². The van der Waals surface area contributed by atoms with Gasteiger partial charge in [-0.25, -0.2) is 4.79 Å². The zero-order valence-electron chi connectivity index (χ0n) is 12.0. The van der Waals surface area contributed by atoms with Crippen molar-refractivity contribution in [3.63, 3.8) is 0 Å². The molecule has 0 aliphatic heterocycles. The van der Waals surface area contributed by atoms with Gasteiger partial charge in [-0.05, 0) is 43.2 Å². The lowest BCUT2D eigenvalue weighted by atomic mass is 10.2. The first-order valence-corrected chi connectivity index (χ1v) is 7.43. The van der Waals surface area contributed by atoms with Crippen molar-refractivity contribution in [1.29, 1.82) is 0 Å². The minimum absolute atomic E-state index is 0.391. The molecule has 20 heavy (non-hydrogen) atoms. The number of alkyl carbamates (subject to hydrolysis) is 1. The molecular formula is C16H19NO2S. The first-order valence-electron chi connectivity index (χ1n) is 6.55. The molecule has 1 aromatic heterocycles. The zero-order valence-corrected chi connectivity index (χ0v) is 12.8. The Morgan fingerprint density at radius 1 is 1.35 bits per heavy atom. The van der Waals surface area contributed by atoms with Gasteiger partial charge in [0.1, 0.15) is 5.60 Å². The number of amides is 1. The number of carbonyl (C=O) groups excluding carboxylic acids is 1. The molecule has 0 atom stereocenters. The molecule has 0 fully saturated rings. The van der Waals surface area contributed by atoms with Crippen LogP contribution in [0.1, 0.15) is 26.3 Å². The molecule has 0 aliphatic rings. The second kappa shape index (κ2) is 6.09. The molecule has 0 spiro atoms. The Labute approximate surface area is 123 Å². The van der Waals surface area contributed by atoms with E-state index < -0.39 is 11.7 Å². The first kappa shape index (κ1) is 14.6. The molecule has 0 saturated carbocycles. The predicted octanol–water partition coefficient (Wildman–Crippen LogP) is 4.44. The van der Waals surface area contributed by atoms with Crippen molar-refractivity contribution in [3.8, 4) is 0 Å². The van der Waals surface area contributed by atoms with Gasteiger partial charge >= 0.3 is 6.09 Å². The van der Waals surface area contributed by atoms with Crippen molar-refractivity contribution in [2.45, 2.75) is 26.4 Å². The highest BCUT2D eigenvalue weighted by atomic mass is 32.1. The molecule has 4 heteroatoms. The number of hydrogen-bond acceptors (Lipinski definition) is 3. The summed E-state index contributed by atoms with van der Waals surface area (Å²) in [5.41, 5.74) is 0.716. The number of hydrogen-bond donors (Lipinski definition) is 1. The molecule has 2 rings (SSSR count). The van der Waals surface area contributed by atoms with E-state index in [-0.39, 0.29) is 0 Å². The number of nitrogens with one attached hydrogen (secondary N) is 1. The lowest BCUT2D eigenvalue weighted by Crippen LogP contribution is -2.32. The van der Waals surface area contributed by atoms with Crippen molar-refractivity contribution in [3.05, 3.63) is 41.3 Å². The number of thiophene rings is 1. The highest BCUT2D eigenvalue weighted by Crippen LogP contribution is 2.26. The standard InChI is InChI=1S/C16H19NO2S/c1-16(2,3)19-15(18)17-10-6-7-12-11-20-14-9-5-4-8-13(12)14/h4-9,11H,10H2,1-3H3,(H,17,18). The quantitative estimate of drug-likeness (QED) is 0.907. The van der Waals surface area contributed by atoms with Gasteiger partial charge in [0.2, 0.25) is 0 Å². The molecule has 1 amide bonds. The monoisotopic (exact) mass is 289 g/mol. The summed E-state index contributed by atoms with van der Waals surface area (Å²) in [6.45, 7) is 6.00. The van der Waals surface area contributed by atoms with Crippen LogP contribution in [0.15, 0.2) is 35.7 Å². The second-order valence-electron chi connectivity index (χ2n) is 5.47. The van der Waals surface area contributed by atoms with Crippen LogP contribution in [-0.4, -0.2) is 18.2 Å². The fourth-order valence-electron chi connectivity index (χ4n) is 1.77. The Kier molecular flexibility index (Phi) is 4.45. The molecule has 106 valence electrons. The molecule has 3 nitrogen and oxygen atoms in total. The van der Waals surface area contributed by atoms with Gasteiger partial charge in [0, 0.05) is 11.2 Å². The SMILES string of the molecule is CC(C)(C)OC(=O)NCC=Cc1csc2ccccc12. The topological polar surface area (TPSA) is 38.3 Å². The van der Waals surface area contributed by atoms with Crippen LogP contribution in [0.3, 0.4) is 0 Å². The minimum atomic E-state index is -0.461. The highest BCUT2D eigenvalue weighted by Gasteiger charge is 2.14. The average molecular weight is 289 g/mol. The summed E-state index contributed by atoms with van der Waals surface area (Å²) in [5, 5.41) is 6.07. The summed E-state index contributed by atoms with van der Waals surface area (Å²) in [5.74, 6) is 0. The maximum Gasteiger partial charge on any atom is 0.407 e. The molecule has 0 radical (unpaired) electrons. The van der Waals surface area contributed by atoms with Crippen molar-refractivity contribution in [2.24, 2.45) is 0 Å². The summed E-state index contributed by atoms with van der Waals surface area (Å²) < 4.78 is 6.43. The summed E-state index contributed by atoms with van der Waals surface area (Å²) >= 11 is 1.72. The number of benzene rings is 1. The molecule has 1 aromatic carbocycles. The fraction of sp³-hybridized carbons (Fsp3) is 0.312. The summed E-state index contributed by atoms with van der Waals surface area (Å²) in [6.07, 6.45) is 3.56. The van der Waals surface area contributed by atoms with E-state index in [0.717, 1.165) is 0 Å². The van der Waals surface area contributed by atoms with Gasteiger partial charge in [-0.2, -0.15) is 0 Å². The van der Waals surface area contributed by atoms with Crippen LogP contribution < -0.4 is 5.32 Å². The minimum Gasteiger partial charge on any atom is -0.444 e. The van der Waals surface area contributed by atoms with Crippen LogP contribution in [0.5, 0.6) is 0 Å². The van der Waals surface area contributed by atoms with E-state index >= 15 is 0 Å². The summed E-state index contributed by atoms with van der Waals surface area (Å²) in [6, 6.07) is 8.28. The average Bonchev–Trinajstić information content (AvgIpc) is 2.76. The maximum atomic E-state index is 11.5. The highest BCUT2D eigenvalue weighted by molar-refractivity contribution is 7.17. The van der Waals surface area contributed by atoms with Crippen LogP contribution in [0.4, 0.5) is 4.79 Å². The Morgan fingerprint density at radius 3 is 2.85 bits per heavy atom. The molecular weight excluding hydrogens is 270 g/mol. The Balaban J connectivity index is 1.89. The third-order valence-corrected chi connectivity index (χ3v) is 3.55. The van der Waals surface area contributed by atoms with Crippen molar-refractivity contribution in [1.82, 2.24) is 5.32 Å². The zero-order chi connectivity index (χ0) is 14.6.